The highest BCUT2D eigenvalue weighted by molar-refractivity contribution is 7.99. The van der Waals surface area contributed by atoms with Crippen LogP contribution in [0.5, 0.6) is 0 Å². The van der Waals surface area contributed by atoms with E-state index in [-0.39, 0.29) is 37.1 Å². The molecule has 0 spiro atoms. The highest BCUT2D eigenvalue weighted by Gasteiger charge is 2.06. The number of rotatable bonds is 8. The van der Waals surface area contributed by atoms with Crippen LogP contribution in [0.15, 0.2) is 29.2 Å². The average molecular weight is 299 g/mol. The van der Waals surface area contributed by atoms with Crippen molar-refractivity contribution < 1.29 is 18.7 Å². The third kappa shape index (κ3) is 6.56. The fourth-order valence-electron chi connectivity index (χ4n) is 1.44. The average Bonchev–Trinajstić information content (AvgIpc) is 2.41. The van der Waals surface area contributed by atoms with Gasteiger partial charge in [0.2, 0.25) is 5.91 Å². The van der Waals surface area contributed by atoms with E-state index >= 15 is 0 Å². The summed E-state index contributed by atoms with van der Waals surface area (Å²) in [6.45, 7) is 2.34. The molecule has 0 aliphatic carbocycles. The zero-order valence-corrected chi connectivity index (χ0v) is 12.2. The molecule has 0 atom stereocenters. The molecule has 1 N–H and O–H groups in total. The molecule has 0 radical (unpaired) electrons. The van der Waals surface area contributed by atoms with Gasteiger partial charge in [-0.3, -0.25) is 9.59 Å². The monoisotopic (exact) mass is 299 g/mol. The number of carbonyl (C=O) groups is 2. The van der Waals surface area contributed by atoms with Crippen molar-refractivity contribution in [1.82, 2.24) is 5.32 Å². The van der Waals surface area contributed by atoms with Gasteiger partial charge >= 0.3 is 5.97 Å². The van der Waals surface area contributed by atoms with Crippen molar-refractivity contribution in [2.24, 2.45) is 0 Å². The first-order valence-electron chi connectivity index (χ1n) is 6.43. The Morgan fingerprint density at radius 1 is 1.30 bits per heavy atom. The van der Waals surface area contributed by atoms with Crippen LogP contribution in [0.4, 0.5) is 4.39 Å². The van der Waals surface area contributed by atoms with Crippen molar-refractivity contribution in [3.63, 3.8) is 0 Å². The summed E-state index contributed by atoms with van der Waals surface area (Å²) in [4.78, 5) is 23.1. The summed E-state index contributed by atoms with van der Waals surface area (Å²) in [6.07, 6.45) is 0.446. The quantitative estimate of drug-likeness (QED) is 0.591. The predicted octanol–water partition coefficient (Wildman–Crippen LogP) is 2.38. The minimum atomic E-state index is -0.325. The second kappa shape index (κ2) is 9.36. The molecule has 0 saturated heterocycles. The first-order chi connectivity index (χ1) is 9.63. The zero-order valence-electron chi connectivity index (χ0n) is 11.4. The second-order valence-corrected chi connectivity index (χ2v) is 5.07. The molecular weight excluding hydrogens is 281 g/mol. The van der Waals surface area contributed by atoms with Crippen LogP contribution >= 0.6 is 11.8 Å². The molecule has 1 amide bonds. The molecule has 0 aliphatic heterocycles. The highest BCUT2D eigenvalue weighted by Crippen LogP contribution is 2.21. The van der Waals surface area contributed by atoms with Gasteiger partial charge in [-0.25, -0.2) is 4.39 Å². The Hall–Kier alpha value is -1.56. The van der Waals surface area contributed by atoms with Gasteiger partial charge < -0.3 is 10.1 Å². The Labute approximate surface area is 122 Å². The molecule has 110 valence electrons. The summed E-state index contributed by atoms with van der Waals surface area (Å²) in [6, 6.07) is 6.45. The number of carbonyl (C=O) groups excluding carboxylic acids is 2. The van der Waals surface area contributed by atoms with Crippen molar-refractivity contribution in [2.75, 3.05) is 18.9 Å². The van der Waals surface area contributed by atoms with E-state index in [1.54, 1.807) is 25.1 Å². The van der Waals surface area contributed by atoms with Gasteiger partial charge in [-0.05, 0) is 19.1 Å². The lowest BCUT2D eigenvalue weighted by Crippen LogP contribution is -2.26. The molecule has 1 aromatic carbocycles. The molecule has 0 heterocycles. The lowest BCUT2D eigenvalue weighted by Gasteiger charge is -2.05. The molecule has 1 aromatic rings. The number of amides is 1. The van der Waals surface area contributed by atoms with E-state index in [2.05, 4.69) is 5.32 Å². The maximum absolute atomic E-state index is 13.3. The molecule has 1 rings (SSSR count). The van der Waals surface area contributed by atoms with Crippen LogP contribution in [0, 0.1) is 5.82 Å². The summed E-state index contributed by atoms with van der Waals surface area (Å²) >= 11 is 1.30. The lowest BCUT2D eigenvalue weighted by molar-refractivity contribution is -0.143. The molecule has 0 fully saturated rings. The predicted molar refractivity (Wildman–Crippen MR) is 76.0 cm³/mol. The molecule has 0 unspecified atom stereocenters. The van der Waals surface area contributed by atoms with E-state index in [0.717, 1.165) is 0 Å². The third-order valence-electron chi connectivity index (χ3n) is 2.38. The van der Waals surface area contributed by atoms with Gasteiger partial charge in [-0.2, -0.15) is 0 Å². The fraction of sp³-hybridized carbons (Fsp3) is 0.429. The van der Waals surface area contributed by atoms with Gasteiger partial charge in [0.15, 0.2) is 0 Å². The molecule has 6 heteroatoms. The number of nitrogens with one attached hydrogen (secondary N) is 1. The van der Waals surface area contributed by atoms with Crippen molar-refractivity contribution in [3.05, 3.63) is 30.1 Å². The van der Waals surface area contributed by atoms with E-state index in [1.165, 1.54) is 17.8 Å². The summed E-state index contributed by atoms with van der Waals surface area (Å²) in [7, 11) is 0. The number of hydrogen-bond donors (Lipinski definition) is 1. The van der Waals surface area contributed by atoms with Crippen LogP contribution in [0.2, 0.25) is 0 Å². The van der Waals surface area contributed by atoms with E-state index in [9.17, 15) is 14.0 Å². The Balaban J connectivity index is 2.14. The topological polar surface area (TPSA) is 55.4 Å². The van der Waals surface area contributed by atoms with Crippen LogP contribution in [-0.2, 0) is 14.3 Å². The van der Waals surface area contributed by atoms with Crippen molar-refractivity contribution >= 4 is 23.6 Å². The van der Waals surface area contributed by atoms with Gasteiger partial charge in [0.1, 0.15) is 5.82 Å². The van der Waals surface area contributed by atoms with Gasteiger partial charge in [-0.1, -0.05) is 12.1 Å². The van der Waals surface area contributed by atoms with Gasteiger partial charge in [0.05, 0.1) is 13.0 Å². The lowest BCUT2D eigenvalue weighted by atomic mass is 10.3. The van der Waals surface area contributed by atoms with E-state index in [0.29, 0.717) is 17.3 Å². The third-order valence-corrected chi connectivity index (χ3v) is 3.43. The summed E-state index contributed by atoms with van der Waals surface area (Å²) in [5.74, 6) is -0.265. The van der Waals surface area contributed by atoms with Crippen molar-refractivity contribution in [2.45, 2.75) is 24.7 Å². The summed E-state index contributed by atoms with van der Waals surface area (Å²) < 4.78 is 18.0. The van der Waals surface area contributed by atoms with E-state index < -0.39 is 0 Å². The standard InChI is InChI=1S/C14H18FNO3S/c1-2-19-14(18)7-9-16-13(17)8-10-20-12-6-4-3-5-11(12)15/h3-6H,2,7-10H2,1H3,(H,16,17). The van der Waals surface area contributed by atoms with E-state index in [1.807, 2.05) is 0 Å². The van der Waals surface area contributed by atoms with Crippen LogP contribution in [0.25, 0.3) is 0 Å². The van der Waals surface area contributed by atoms with Gasteiger partial charge in [0.25, 0.3) is 0 Å². The molecule has 4 nitrogen and oxygen atoms in total. The number of hydrogen-bond acceptors (Lipinski definition) is 4. The van der Waals surface area contributed by atoms with Crippen molar-refractivity contribution in [1.29, 1.82) is 0 Å². The van der Waals surface area contributed by atoms with Crippen LogP contribution in [0.1, 0.15) is 19.8 Å². The minimum Gasteiger partial charge on any atom is -0.466 e. The summed E-state index contributed by atoms with van der Waals surface area (Å²) in [5, 5.41) is 2.63. The SMILES string of the molecule is CCOC(=O)CCNC(=O)CCSc1ccccc1F. The highest BCUT2D eigenvalue weighted by atomic mass is 32.2. The van der Waals surface area contributed by atoms with E-state index in [4.69, 9.17) is 4.74 Å². The summed E-state index contributed by atoms with van der Waals surface area (Å²) in [5.41, 5.74) is 0. The van der Waals surface area contributed by atoms with Gasteiger partial charge in [0, 0.05) is 23.6 Å². The van der Waals surface area contributed by atoms with Crippen molar-refractivity contribution in [3.8, 4) is 0 Å². The molecule has 0 aliphatic rings. The first kappa shape index (κ1) is 16.5. The zero-order chi connectivity index (χ0) is 14.8. The number of ether oxygens (including phenoxy) is 1. The second-order valence-electron chi connectivity index (χ2n) is 3.93. The normalized spacial score (nSPS) is 10.1. The Bertz CT molecular complexity index is 454. The van der Waals surface area contributed by atoms with Gasteiger partial charge in [-0.15, -0.1) is 11.8 Å². The Morgan fingerprint density at radius 2 is 2.05 bits per heavy atom. The molecule has 20 heavy (non-hydrogen) atoms. The Morgan fingerprint density at radius 3 is 2.75 bits per heavy atom. The molecule has 0 saturated carbocycles. The number of halogens is 1. The maximum atomic E-state index is 13.3. The molecular formula is C14H18FNO3S. The minimum absolute atomic E-state index is 0.155. The van der Waals surface area contributed by atoms with Crippen LogP contribution in [0.3, 0.4) is 0 Å². The number of benzene rings is 1. The molecule has 0 aromatic heterocycles. The molecule has 0 bridgehead atoms. The number of thioether (sulfide) groups is 1. The smallest absolute Gasteiger partial charge is 0.307 e. The van der Waals surface area contributed by atoms with Crippen LogP contribution < -0.4 is 5.32 Å². The fourth-order valence-corrected chi connectivity index (χ4v) is 2.33. The first-order valence-corrected chi connectivity index (χ1v) is 7.41. The largest absolute Gasteiger partial charge is 0.466 e. The Kier molecular flexibility index (Phi) is 7.72. The maximum Gasteiger partial charge on any atom is 0.307 e. The number of esters is 1. The van der Waals surface area contributed by atoms with Crippen LogP contribution in [-0.4, -0.2) is 30.8 Å².